The SMILES string of the molecule is CCNCc1cc(=O)[nH]c(Cc2ccc(F)cc2F)n1. The van der Waals surface area contributed by atoms with Crippen molar-refractivity contribution in [3.63, 3.8) is 0 Å². The summed E-state index contributed by atoms with van der Waals surface area (Å²) in [5, 5.41) is 3.06. The van der Waals surface area contributed by atoms with Gasteiger partial charge in [0.25, 0.3) is 5.56 Å². The molecule has 6 heteroatoms. The highest BCUT2D eigenvalue weighted by atomic mass is 19.1. The molecule has 0 saturated heterocycles. The Morgan fingerprint density at radius 3 is 2.80 bits per heavy atom. The number of rotatable bonds is 5. The molecule has 0 spiro atoms. The van der Waals surface area contributed by atoms with Crippen molar-refractivity contribution in [2.24, 2.45) is 0 Å². The molecule has 0 radical (unpaired) electrons. The number of H-pyrrole nitrogens is 1. The van der Waals surface area contributed by atoms with Crippen molar-refractivity contribution in [3.8, 4) is 0 Å². The molecule has 0 bridgehead atoms. The Kier molecular flexibility index (Phi) is 4.57. The normalized spacial score (nSPS) is 10.8. The smallest absolute Gasteiger partial charge is 0.251 e. The molecule has 1 aromatic heterocycles. The summed E-state index contributed by atoms with van der Waals surface area (Å²) in [5.41, 5.74) is 0.591. The Labute approximate surface area is 114 Å². The van der Waals surface area contributed by atoms with Crippen LogP contribution in [-0.2, 0) is 13.0 Å². The zero-order chi connectivity index (χ0) is 14.5. The fourth-order valence-electron chi connectivity index (χ4n) is 1.84. The first-order valence-electron chi connectivity index (χ1n) is 6.32. The summed E-state index contributed by atoms with van der Waals surface area (Å²) in [5.74, 6) is -0.922. The van der Waals surface area contributed by atoms with Gasteiger partial charge in [-0.1, -0.05) is 13.0 Å². The minimum absolute atomic E-state index is 0.112. The Balaban J connectivity index is 2.24. The van der Waals surface area contributed by atoms with E-state index in [-0.39, 0.29) is 17.5 Å². The summed E-state index contributed by atoms with van der Waals surface area (Å²) in [4.78, 5) is 18.3. The van der Waals surface area contributed by atoms with E-state index in [1.54, 1.807) is 0 Å². The summed E-state index contributed by atoms with van der Waals surface area (Å²) >= 11 is 0. The van der Waals surface area contributed by atoms with Crippen LogP contribution in [0.5, 0.6) is 0 Å². The van der Waals surface area contributed by atoms with Crippen LogP contribution < -0.4 is 10.9 Å². The van der Waals surface area contributed by atoms with Crippen LogP contribution in [0.25, 0.3) is 0 Å². The van der Waals surface area contributed by atoms with Gasteiger partial charge in [0.2, 0.25) is 0 Å². The summed E-state index contributed by atoms with van der Waals surface area (Å²) in [6, 6.07) is 4.74. The van der Waals surface area contributed by atoms with E-state index >= 15 is 0 Å². The highest BCUT2D eigenvalue weighted by Crippen LogP contribution is 2.12. The third kappa shape index (κ3) is 3.71. The van der Waals surface area contributed by atoms with Crippen LogP contribution in [0.2, 0.25) is 0 Å². The third-order valence-corrected chi connectivity index (χ3v) is 2.77. The summed E-state index contributed by atoms with van der Waals surface area (Å²) in [6.07, 6.45) is 0.112. The maximum Gasteiger partial charge on any atom is 0.251 e. The number of benzene rings is 1. The number of nitrogens with one attached hydrogen (secondary N) is 2. The van der Waals surface area contributed by atoms with E-state index in [9.17, 15) is 13.6 Å². The second-order valence-electron chi connectivity index (χ2n) is 4.38. The third-order valence-electron chi connectivity index (χ3n) is 2.77. The van der Waals surface area contributed by atoms with E-state index < -0.39 is 11.6 Å². The number of hydrogen-bond donors (Lipinski definition) is 2. The molecule has 2 aromatic rings. The Morgan fingerprint density at radius 2 is 2.10 bits per heavy atom. The summed E-state index contributed by atoms with van der Waals surface area (Å²) in [7, 11) is 0. The van der Waals surface area contributed by atoms with E-state index in [1.165, 1.54) is 18.2 Å². The molecule has 4 nitrogen and oxygen atoms in total. The van der Waals surface area contributed by atoms with Crippen molar-refractivity contribution in [2.45, 2.75) is 19.9 Å². The van der Waals surface area contributed by atoms with Crippen LogP contribution in [-0.4, -0.2) is 16.5 Å². The second kappa shape index (κ2) is 6.38. The minimum atomic E-state index is -0.648. The fourth-order valence-corrected chi connectivity index (χ4v) is 1.84. The maximum absolute atomic E-state index is 13.6. The standard InChI is InChI=1S/C14H15F2N3O/c1-2-17-8-11-7-14(20)19-13(18-11)5-9-3-4-10(15)6-12(9)16/h3-4,6-7,17H,2,5,8H2,1H3,(H,18,19,20). The molecule has 2 N–H and O–H groups in total. The predicted octanol–water partition coefficient (Wildman–Crippen LogP) is 1.75. The van der Waals surface area contributed by atoms with E-state index in [0.29, 0.717) is 18.1 Å². The summed E-state index contributed by atoms with van der Waals surface area (Å²) < 4.78 is 26.4. The lowest BCUT2D eigenvalue weighted by atomic mass is 10.1. The number of aromatic nitrogens is 2. The maximum atomic E-state index is 13.6. The Bertz CT molecular complexity index is 655. The minimum Gasteiger partial charge on any atom is -0.311 e. The molecule has 0 amide bonds. The molecule has 0 aliphatic carbocycles. The lowest BCUT2D eigenvalue weighted by Gasteiger charge is -2.06. The summed E-state index contributed by atoms with van der Waals surface area (Å²) in [6.45, 7) is 3.18. The number of halogens is 2. The highest BCUT2D eigenvalue weighted by Gasteiger charge is 2.08. The first-order chi connectivity index (χ1) is 9.58. The second-order valence-corrected chi connectivity index (χ2v) is 4.38. The number of aromatic amines is 1. The molecule has 1 heterocycles. The fraction of sp³-hybridized carbons (Fsp3) is 0.286. The van der Waals surface area contributed by atoms with Crippen LogP contribution in [0.4, 0.5) is 8.78 Å². The first-order valence-corrected chi connectivity index (χ1v) is 6.32. The quantitative estimate of drug-likeness (QED) is 0.876. The van der Waals surface area contributed by atoms with Crippen LogP contribution >= 0.6 is 0 Å². The molecule has 20 heavy (non-hydrogen) atoms. The average Bonchev–Trinajstić information content (AvgIpc) is 2.39. The Hall–Kier alpha value is -2.08. The van der Waals surface area contributed by atoms with Gasteiger partial charge in [-0.15, -0.1) is 0 Å². The van der Waals surface area contributed by atoms with Crippen molar-refractivity contribution >= 4 is 0 Å². The molecule has 0 saturated carbocycles. The Morgan fingerprint density at radius 1 is 1.30 bits per heavy atom. The molecule has 0 unspecified atom stereocenters. The molecule has 0 aliphatic rings. The molecular formula is C14H15F2N3O. The zero-order valence-electron chi connectivity index (χ0n) is 11.0. The molecule has 2 rings (SSSR count). The van der Waals surface area contributed by atoms with E-state index in [1.807, 2.05) is 6.92 Å². The van der Waals surface area contributed by atoms with E-state index in [4.69, 9.17) is 0 Å². The first kappa shape index (κ1) is 14.3. The molecular weight excluding hydrogens is 264 g/mol. The van der Waals surface area contributed by atoms with Gasteiger partial charge in [0.1, 0.15) is 17.5 Å². The van der Waals surface area contributed by atoms with Gasteiger partial charge in [0.05, 0.1) is 5.69 Å². The van der Waals surface area contributed by atoms with Crippen molar-refractivity contribution in [1.82, 2.24) is 15.3 Å². The molecule has 1 aromatic carbocycles. The largest absolute Gasteiger partial charge is 0.311 e. The monoisotopic (exact) mass is 279 g/mol. The van der Waals surface area contributed by atoms with Crippen molar-refractivity contribution in [1.29, 1.82) is 0 Å². The van der Waals surface area contributed by atoms with Gasteiger partial charge < -0.3 is 10.3 Å². The van der Waals surface area contributed by atoms with Gasteiger partial charge in [-0.25, -0.2) is 13.8 Å². The number of nitrogens with zero attached hydrogens (tertiary/aromatic N) is 1. The molecule has 0 fully saturated rings. The van der Waals surface area contributed by atoms with E-state index in [2.05, 4.69) is 15.3 Å². The van der Waals surface area contributed by atoms with Crippen LogP contribution in [0.3, 0.4) is 0 Å². The lowest BCUT2D eigenvalue weighted by molar-refractivity contribution is 0.573. The van der Waals surface area contributed by atoms with Crippen molar-refractivity contribution in [3.05, 3.63) is 63.3 Å². The number of hydrogen-bond acceptors (Lipinski definition) is 3. The molecule has 0 aliphatic heterocycles. The average molecular weight is 279 g/mol. The lowest BCUT2D eigenvalue weighted by Crippen LogP contribution is -2.19. The van der Waals surface area contributed by atoms with Crippen molar-refractivity contribution in [2.75, 3.05) is 6.54 Å². The highest BCUT2D eigenvalue weighted by molar-refractivity contribution is 5.22. The van der Waals surface area contributed by atoms with Crippen LogP contribution in [0.15, 0.2) is 29.1 Å². The van der Waals surface area contributed by atoms with Crippen LogP contribution in [0.1, 0.15) is 24.0 Å². The van der Waals surface area contributed by atoms with Crippen LogP contribution in [0, 0.1) is 11.6 Å². The topological polar surface area (TPSA) is 57.8 Å². The zero-order valence-corrected chi connectivity index (χ0v) is 11.0. The molecule has 106 valence electrons. The van der Waals surface area contributed by atoms with Gasteiger partial charge in [-0.3, -0.25) is 4.79 Å². The molecule has 0 atom stereocenters. The van der Waals surface area contributed by atoms with Gasteiger partial charge in [0, 0.05) is 25.1 Å². The van der Waals surface area contributed by atoms with Gasteiger partial charge in [-0.2, -0.15) is 0 Å². The van der Waals surface area contributed by atoms with Crippen molar-refractivity contribution < 1.29 is 8.78 Å². The van der Waals surface area contributed by atoms with Gasteiger partial charge in [-0.05, 0) is 18.2 Å². The predicted molar refractivity (Wildman–Crippen MR) is 71.4 cm³/mol. The van der Waals surface area contributed by atoms with E-state index in [0.717, 1.165) is 12.6 Å². The van der Waals surface area contributed by atoms with Gasteiger partial charge in [0.15, 0.2) is 0 Å². The van der Waals surface area contributed by atoms with Gasteiger partial charge >= 0.3 is 0 Å².